The largest absolute Gasteiger partial charge is 0.492 e. The van der Waals surface area contributed by atoms with Crippen LogP contribution in [-0.2, 0) is 10.5 Å². The second-order valence-electron chi connectivity index (χ2n) is 5.71. The molecule has 0 saturated carbocycles. The molecule has 24 heavy (non-hydrogen) atoms. The van der Waals surface area contributed by atoms with Crippen LogP contribution >= 0.6 is 0 Å². The van der Waals surface area contributed by atoms with E-state index in [2.05, 4.69) is 10.3 Å². The smallest absolute Gasteiger partial charge is 0.262 e. The summed E-state index contributed by atoms with van der Waals surface area (Å²) in [5, 5.41) is 12.5. The van der Waals surface area contributed by atoms with Crippen LogP contribution in [0.4, 0.5) is 4.39 Å². The van der Waals surface area contributed by atoms with E-state index in [0.717, 1.165) is 0 Å². The fourth-order valence-electron chi connectivity index (χ4n) is 2.85. The highest BCUT2D eigenvalue weighted by Gasteiger charge is 2.46. The van der Waals surface area contributed by atoms with Crippen molar-refractivity contribution in [1.29, 1.82) is 0 Å². The minimum Gasteiger partial charge on any atom is -0.492 e. The molecule has 1 amide bonds. The maximum absolute atomic E-state index is 15.3. The van der Waals surface area contributed by atoms with E-state index < -0.39 is 17.7 Å². The topological polar surface area (TPSA) is 71.5 Å². The van der Waals surface area contributed by atoms with E-state index >= 15 is 4.39 Å². The molecule has 2 unspecified atom stereocenters. The van der Waals surface area contributed by atoms with Crippen molar-refractivity contribution in [3.63, 3.8) is 0 Å². The molecule has 2 aromatic rings. The van der Waals surface area contributed by atoms with E-state index in [-0.39, 0.29) is 37.3 Å². The molecule has 1 aliphatic carbocycles. The van der Waals surface area contributed by atoms with Crippen molar-refractivity contribution in [2.24, 2.45) is 0 Å². The Morgan fingerprint density at radius 3 is 2.92 bits per heavy atom. The van der Waals surface area contributed by atoms with Gasteiger partial charge in [0.05, 0.1) is 18.3 Å². The van der Waals surface area contributed by atoms with Gasteiger partial charge in [-0.15, -0.1) is 0 Å². The summed E-state index contributed by atoms with van der Waals surface area (Å²) in [5.74, 6) is -0.0302. The molecular formula is C18H19FN2O3. The fraction of sp³-hybridized carbons (Fsp3) is 0.333. The first kappa shape index (κ1) is 16.4. The SMILES string of the molecule is O=C(NCCOc1ccccc1)C1(F)CCC(O)c2ncccc21. The number of ether oxygens (including phenoxy) is 1. The summed E-state index contributed by atoms with van der Waals surface area (Å²) in [6.45, 7) is 0.436. The van der Waals surface area contributed by atoms with Crippen molar-refractivity contribution in [2.45, 2.75) is 24.6 Å². The van der Waals surface area contributed by atoms with E-state index in [0.29, 0.717) is 5.75 Å². The van der Waals surface area contributed by atoms with Gasteiger partial charge in [-0.3, -0.25) is 9.78 Å². The average Bonchev–Trinajstić information content (AvgIpc) is 2.63. The molecule has 6 heteroatoms. The number of fused-ring (bicyclic) bond motifs is 1. The third-order valence-electron chi connectivity index (χ3n) is 4.10. The molecule has 0 spiro atoms. The first-order valence-corrected chi connectivity index (χ1v) is 7.90. The molecule has 1 aliphatic rings. The monoisotopic (exact) mass is 330 g/mol. The molecular weight excluding hydrogens is 311 g/mol. The molecule has 5 nitrogen and oxygen atoms in total. The number of halogens is 1. The van der Waals surface area contributed by atoms with E-state index in [9.17, 15) is 9.90 Å². The number of hydrogen-bond donors (Lipinski definition) is 2. The molecule has 0 radical (unpaired) electrons. The third-order valence-corrected chi connectivity index (χ3v) is 4.10. The summed E-state index contributed by atoms with van der Waals surface area (Å²) in [6, 6.07) is 12.3. The molecule has 0 bridgehead atoms. The Hall–Kier alpha value is -2.47. The van der Waals surface area contributed by atoms with Crippen LogP contribution in [0.15, 0.2) is 48.7 Å². The summed E-state index contributed by atoms with van der Waals surface area (Å²) < 4.78 is 20.8. The van der Waals surface area contributed by atoms with Crippen molar-refractivity contribution in [1.82, 2.24) is 10.3 Å². The minimum atomic E-state index is -2.17. The predicted molar refractivity (Wildman–Crippen MR) is 86.2 cm³/mol. The Kier molecular flexibility index (Phi) is 4.76. The number of alkyl halides is 1. The van der Waals surface area contributed by atoms with Gasteiger partial charge in [-0.2, -0.15) is 0 Å². The Morgan fingerprint density at radius 1 is 1.33 bits per heavy atom. The van der Waals surface area contributed by atoms with Crippen LogP contribution in [-0.4, -0.2) is 29.1 Å². The maximum Gasteiger partial charge on any atom is 0.262 e. The number of para-hydroxylation sites is 1. The Labute approximate surface area is 139 Å². The molecule has 2 N–H and O–H groups in total. The number of aliphatic hydroxyl groups excluding tert-OH is 1. The van der Waals surface area contributed by atoms with Gasteiger partial charge in [-0.05, 0) is 31.0 Å². The lowest BCUT2D eigenvalue weighted by Crippen LogP contribution is -2.45. The number of carbonyl (C=O) groups is 1. The summed E-state index contributed by atoms with van der Waals surface area (Å²) in [4.78, 5) is 16.4. The maximum atomic E-state index is 15.3. The molecule has 1 heterocycles. The second kappa shape index (κ2) is 6.97. The number of carbonyl (C=O) groups excluding carboxylic acids is 1. The zero-order chi connectivity index (χ0) is 17.0. The molecule has 2 atom stereocenters. The Morgan fingerprint density at radius 2 is 2.12 bits per heavy atom. The highest BCUT2D eigenvalue weighted by atomic mass is 19.1. The zero-order valence-electron chi connectivity index (χ0n) is 13.1. The molecule has 0 aliphatic heterocycles. The van der Waals surface area contributed by atoms with Crippen LogP contribution in [0.1, 0.15) is 30.2 Å². The number of nitrogens with one attached hydrogen (secondary N) is 1. The van der Waals surface area contributed by atoms with E-state index in [1.807, 2.05) is 30.3 Å². The number of amides is 1. The number of rotatable bonds is 5. The quantitative estimate of drug-likeness (QED) is 0.825. The molecule has 0 saturated heterocycles. The Bertz CT molecular complexity index is 710. The first-order chi connectivity index (χ1) is 11.6. The van der Waals surface area contributed by atoms with Crippen LogP contribution < -0.4 is 10.1 Å². The molecule has 1 aromatic carbocycles. The van der Waals surface area contributed by atoms with E-state index in [1.54, 1.807) is 6.07 Å². The zero-order valence-corrected chi connectivity index (χ0v) is 13.1. The van der Waals surface area contributed by atoms with Crippen molar-refractivity contribution in [3.8, 4) is 5.75 Å². The van der Waals surface area contributed by atoms with E-state index in [4.69, 9.17) is 4.74 Å². The van der Waals surface area contributed by atoms with Gasteiger partial charge in [0.1, 0.15) is 12.4 Å². The van der Waals surface area contributed by atoms with Gasteiger partial charge in [0.15, 0.2) is 0 Å². The number of nitrogens with zero attached hydrogens (tertiary/aromatic N) is 1. The Balaban J connectivity index is 1.61. The number of aliphatic hydroxyl groups is 1. The van der Waals surface area contributed by atoms with Gasteiger partial charge in [-0.25, -0.2) is 4.39 Å². The summed E-state index contributed by atoms with van der Waals surface area (Å²) >= 11 is 0. The van der Waals surface area contributed by atoms with Gasteiger partial charge in [0, 0.05) is 11.8 Å². The summed E-state index contributed by atoms with van der Waals surface area (Å²) in [5.41, 5.74) is -1.79. The van der Waals surface area contributed by atoms with Crippen molar-refractivity contribution in [2.75, 3.05) is 13.2 Å². The lowest BCUT2D eigenvalue weighted by molar-refractivity contribution is -0.135. The van der Waals surface area contributed by atoms with Gasteiger partial charge in [0.25, 0.3) is 5.91 Å². The number of hydrogen-bond acceptors (Lipinski definition) is 4. The fourth-order valence-corrected chi connectivity index (χ4v) is 2.85. The second-order valence-corrected chi connectivity index (χ2v) is 5.71. The van der Waals surface area contributed by atoms with Crippen molar-refractivity contribution < 1.29 is 19.0 Å². The predicted octanol–water partition coefficient (Wildman–Crippen LogP) is 2.27. The summed E-state index contributed by atoms with van der Waals surface area (Å²) in [7, 11) is 0. The normalized spacial score (nSPS) is 22.5. The van der Waals surface area contributed by atoms with Crippen LogP contribution in [0, 0.1) is 0 Å². The lowest BCUT2D eigenvalue weighted by atomic mass is 9.81. The molecule has 3 rings (SSSR count). The van der Waals surface area contributed by atoms with Crippen molar-refractivity contribution >= 4 is 5.91 Å². The van der Waals surface area contributed by atoms with Crippen LogP contribution in [0.5, 0.6) is 5.75 Å². The molecule has 126 valence electrons. The average molecular weight is 330 g/mol. The standard InChI is InChI=1S/C18H19FN2O3/c19-18(9-8-15(22)16-14(18)7-4-10-20-16)17(23)21-11-12-24-13-5-2-1-3-6-13/h1-7,10,15,22H,8-9,11-12H2,(H,21,23). The van der Waals surface area contributed by atoms with Crippen LogP contribution in [0.3, 0.4) is 0 Å². The molecule has 1 aromatic heterocycles. The van der Waals surface area contributed by atoms with Crippen LogP contribution in [0.25, 0.3) is 0 Å². The van der Waals surface area contributed by atoms with Crippen molar-refractivity contribution in [3.05, 3.63) is 59.9 Å². The third kappa shape index (κ3) is 3.23. The highest BCUT2D eigenvalue weighted by molar-refractivity contribution is 5.87. The van der Waals surface area contributed by atoms with E-state index in [1.165, 1.54) is 12.3 Å². The van der Waals surface area contributed by atoms with Gasteiger partial charge in [-0.1, -0.05) is 24.3 Å². The molecule has 0 fully saturated rings. The van der Waals surface area contributed by atoms with Gasteiger partial charge in [0.2, 0.25) is 5.67 Å². The summed E-state index contributed by atoms with van der Waals surface area (Å²) in [6.07, 6.45) is 0.741. The number of pyridine rings is 1. The van der Waals surface area contributed by atoms with Crippen LogP contribution in [0.2, 0.25) is 0 Å². The van der Waals surface area contributed by atoms with Gasteiger partial charge >= 0.3 is 0 Å². The van der Waals surface area contributed by atoms with Gasteiger partial charge < -0.3 is 15.2 Å². The number of aromatic nitrogens is 1. The minimum absolute atomic E-state index is 0.0712. The highest BCUT2D eigenvalue weighted by Crippen LogP contribution is 2.42. The number of benzene rings is 1. The lowest BCUT2D eigenvalue weighted by Gasteiger charge is -2.32. The first-order valence-electron chi connectivity index (χ1n) is 7.90.